The Bertz CT molecular complexity index is 846. The number of nitrogens with one attached hydrogen (secondary N) is 3. The SMILES string of the molecule is Cc1cc(I)ccc1NC(=S)NC(NC(=O)c1ccc(F)cc1)C(Cl)(Cl)Cl. The molecule has 0 saturated carbocycles. The summed E-state index contributed by atoms with van der Waals surface area (Å²) < 4.78 is 12.2. The molecule has 4 nitrogen and oxygen atoms in total. The van der Waals surface area contributed by atoms with Gasteiger partial charge >= 0.3 is 0 Å². The molecular formula is C17H14Cl3FIN3OS. The number of anilines is 1. The van der Waals surface area contributed by atoms with Crippen LogP contribution < -0.4 is 16.0 Å². The zero-order valence-corrected chi connectivity index (χ0v) is 19.1. The van der Waals surface area contributed by atoms with Gasteiger partial charge < -0.3 is 16.0 Å². The van der Waals surface area contributed by atoms with E-state index < -0.39 is 21.7 Å². The number of benzene rings is 2. The van der Waals surface area contributed by atoms with Crippen LogP contribution in [0.3, 0.4) is 0 Å². The molecule has 1 unspecified atom stereocenters. The molecule has 1 amide bonds. The lowest BCUT2D eigenvalue weighted by molar-refractivity contribution is 0.0934. The third kappa shape index (κ3) is 6.90. The van der Waals surface area contributed by atoms with Gasteiger partial charge in [-0.25, -0.2) is 4.39 Å². The van der Waals surface area contributed by atoms with Crippen LogP contribution in [-0.2, 0) is 0 Å². The average molecular weight is 561 g/mol. The van der Waals surface area contributed by atoms with E-state index in [1.807, 2.05) is 25.1 Å². The van der Waals surface area contributed by atoms with Gasteiger partial charge in [0.25, 0.3) is 5.91 Å². The summed E-state index contributed by atoms with van der Waals surface area (Å²) in [4.78, 5) is 12.3. The number of amides is 1. The summed E-state index contributed by atoms with van der Waals surface area (Å²) >= 11 is 25.3. The first-order valence-corrected chi connectivity index (χ1v) is 10.1. The van der Waals surface area contributed by atoms with Gasteiger partial charge in [-0.3, -0.25) is 4.79 Å². The van der Waals surface area contributed by atoms with Gasteiger partial charge in [-0.1, -0.05) is 34.8 Å². The lowest BCUT2D eigenvalue weighted by Crippen LogP contribution is -2.56. The third-order valence-electron chi connectivity index (χ3n) is 3.42. The van der Waals surface area contributed by atoms with E-state index in [-0.39, 0.29) is 10.7 Å². The summed E-state index contributed by atoms with van der Waals surface area (Å²) in [6, 6.07) is 10.7. The Morgan fingerprint density at radius 3 is 2.33 bits per heavy atom. The van der Waals surface area contributed by atoms with Gasteiger partial charge in [-0.15, -0.1) is 0 Å². The molecule has 2 aromatic rings. The number of rotatable bonds is 4. The van der Waals surface area contributed by atoms with Crippen LogP contribution in [0.1, 0.15) is 15.9 Å². The van der Waals surface area contributed by atoms with Gasteiger partial charge in [0.05, 0.1) is 0 Å². The van der Waals surface area contributed by atoms with E-state index in [0.717, 1.165) is 14.8 Å². The fourth-order valence-corrected chi connectivity index (χ4v) is 3.27. The van der Waals surface area contributed by atoms with E-state index in [1.54, 1.807) is 0 Å². The summed E-state index contributed by atoms with van der Waals surface area (Å²) in [6.07, 6.45) is -1.12. The lowest BCUT2D eigenvalue weighted by atomic mass is 10.2. The Morgan fingerprint density at radius 1 is 1.15 bits per heavy atom. The molecule has 0 bridgehead atoms. The molecular weight excluding hydrogens is 547 g/mol. The molecule has 1 atom stereocenters. The first kappa shape index (κ1) is 22.4. The van der Waals surface area contributed by atoms with Gasteiger partial charge in [-0.05, 0) is 89.8 Å². The molecule has 2 aromatic carbocycles. The second-order valence-electron chi connectivity index (χ2n) is 5.51. The van der Waals surface area contributed by atoms with Crippen molar-refractivity contribution in [3.8, 4) is 0 Å². The minimum Gasteiger partial charge on any atom is -0.339 e. The third-order valence-corrected chi connectivity index (χ3v) is 4.97. The largest absolute Gasteiger partial charge is 0.339 e. The monoisotopic (exact) mass is 559 g/mol. The summed E-state index contributed by atoms with van der Waals surface area (Å²) in [5.41, 5.74) is 1.97. The van der Waals surface area contributed by atoms with Crippen molar-refractivity contribution in [3.63, 3.8) is 0 Å². The van der Waals surface area contributed by atoms with Crippen LogP contribution in [-0.4, -0.2) is 21.0 Å². The van der Waals surface area contributed by atoms with Gasteiger partial charge in [0.2, 0.25) is 3.79 Å². The van der Waals surface area contributed by atoms with Crippen LogP contribution in [0.5, 0.6) is 0 Å². The Balaban J connectivity index is 2.08. The summed E-state index contributed by atoms with van der Waals surface area (Å²) in [5.74, 6) is -1.01. The highest BCUT2D eigenvalue weighted by atomic mass is 127. The number of hydrogen-bond acceptors (Lipinski definition) is 2. The fourth-order valence-electron chi connectivity index (χ4n) is 2.07. The minimum atomic E-state index is -1.89. The number of aryl methyl sites for hydroxylation is 1. The first-order chi connectivity index (χ1) is 12.6. The van der Waals surface area contributed by atoms with Crippen molar-refractivity contribution in [2.45, 2.75) is 16.9 Å². The highest BCUT2D eigenvalue weighted by molar-refractivity contribution is 14.1. The average Bonchev–Trinajstić information content (AvgIpc) is 2.56. The van der Waals surface area contributed by atoms with E-state index in [9.17, 15) is 9.18 Å². The van der Waals surface area contributed by atoms with Crippen molar-refractivity contribution in [1.29, 1.82) is 0 Å². The number of thiocarbonyl (C=S) groups is 1. The van der Waals surface area contributed by atoms with E-state index in [2.05, 4.69) is 38.5 Å². The maximum atomic E-state index is 13.0. The first-order valence-electron chi connectivity index (χ1n) is 7.53. The number of hydrogen-bond donors (Lipinski definition) is 3. The molecule has 2 rings (SSSR count). The maximum Gasteiger partial charge on any atom is 0.252 e. The van der Waals surface area contributed by atoms with Gasteiger partial charge in [0.15, 0.2) is 5.11 Å². The molecule has 3 N–H and O–H groups in total. The molecule has 0 radical (unpaired) electrons. The zero-order valence-electron chi connectivity index (χ0n) is 13.8. The molecule has 0 saturated heterocycles. The second-order valence-corrected chi connectivity index (χ2v) is 9.54. The highest BCUT2D eigenvalue weighted by Gasteiger charge is 2.35. The molecule has 0 heterocycles. The van der Waals surface area contributed by atoms with Crippen molar-refractivity contribution in [2.75, 3.05) is 5.32 Å². The van der Waals surface area contributed by atoms with E-state index in [0.29, 0.717) is 0 Å². The molecule has 144 valence electrons. The van der Waals surface area contributed by atoms with Gasteiger partial charge in [-0.2, -0.15) is 0 Å². The van der Waals surface area contributed by atoms with Gasteiger partial charge in [0.1, 0.15) is 12.0 Å². The van der Waals surface area contributed by atoms with Crippen LogP contribution in [0, 0.1) is 16.3 Å². The molecule has 27 heavy (non-hydrogen) atoms. The molecule has 0 aliphatic carbocycles. The Labute approximate surface area is 190 Å². The standard InChI is InChI=1S/C17H14Cl3FIN3OS/c1-9-8-12(22)6-7-13(9)23-16(27)25-15(17(18,19)20)24-14(26)10-2-4-11(21)5-3-10/h2-8,15H,1H3,(H,24,26)(H2,23,25,27). The van der Waals surface area contributed by atoms with E-state index in [1.165, 1.54) is 24.3 Å². The Morgan fingerprint density at radius 2 is 1.78 bits per heavy atom. The lowest BCUT2D eigenvalue weighted by Gasteiger charge is -2.28. The fraction of sp³-hybridized carbons (Fsp3) is 0.176. The van der Waals surface area contributed by atoms with Crippen LogP contribution in [0.4, 0.5) is 10.1 Å². The highest BCUT2D eigenvalue weighted by Crippen LogP contribution is 2.29. The molecule has 0 aromatic heterocycles. The van der Waals surface area contributed by atoms with Crippen molar-refractivity contribution < 1.29 is 9.18 Å². The molecule has 0 fully saturated rings. The molecule has 0 aliphatic rings. The van der Waals surface area contributed by atoms with Crippen LogP contribution in [0.2, 0.25) is 0 Å². The Kier molecular flexibility index (Phi) is 7.94. The number of halogens is 5. The smallest absolute Gasteiger partial charge is 0.252 e. The number of carbonyl (C=O) groups excluding carboxylic acids is 1. The van der Waals surface area contributed by atoms with Crippen molar-refractivity contribution >= 4 is 86.3 Å². The zero-order chi connectivity index (χ0) is 20.2. The predicted molar refractivity (Wildman–Crippen MR) is 121 cm³/mol. The summed E-state index contributed by atoms with van der Waals surface area (Å²) in [6.45, 7) is 1.93. The van der Waals surface area contributed by atoms with Crippen LogP contribution in [0.25, 0.3) is 0 Å². The van der Waals surface area contributed by atoms with Crippen LogP contribution >= 0.6 is 69.6 Å². The quantitative estimate of drug-likeness (QED) is 0.210. The summed E-state index contributed by atoms with van der Waals surface area (Å²) in [5, 5.41) is 8.47. The Hall–Kier alpha value is -0.870. The molecule has 0 spiro atoms. The topological polar surface area (TPSA) is 53.2 Å². The number of alkyl halides is 3. The normalized spacial score (nSPS) is 12.2. The predicted octanol–water partition coefficient (Wildman–Crippen LogP) is 5.15. The van der Waals surface area contributed by atoms with Crippen molar-refractivity contribution in [3.05, 3.63) is 63.0 Å². The van der Waals surface area contributed by atoms with E-state index >= 15 is 0 Å². The molecule has 10 heteroatoms. The van der Waals surface area contributed by atoms with Gasteiger partial charge in [0, 0.05) is 14.8 Å². The minimum absolute atomic E-state index is 0.162. The van der Waals surface area contributed by atoms with Crippen molar-refractivity contribution in [1.82, 2.24) is 10.6 Å². The summed E-state index contributed by atoms with van der Waals surface area (Å²) in [7, 11) is 0. The number of carbonyl (C=O) groups is 1. The molecule has 0 aliphatic heterocycles. The van der Waals surface area contributed by atoms with E-state index in [4.69, 9.17) is 47.0 Å². The van der Waals surface area contributed by atoms with Crippen molar-refractivity contribution in [2.24, 2.45) is 0 Å². The second kappa shape index (κ2) is 9.56. The van der Waals surface area contributed by atoms with Crippen LogP contribution in [0.15, 0.2) is 42.5 Å². The maximum absolute atomic E-state index is 13.0.